The van der Waals surface area contributed by atoms with Crippen LogP contribution in [0.5, 0.6) is 0 Å². The summed E-state index contributed by atoms with van der Waals surface area (Å²) < 4.78 is 6.71. The lowest BCUT2D eigenvalue weighted by Gasteiger charge is -2.22. The van der Waals surface area contributed by atoms with Crippen molar-refractivity contribution in [2.24, 2.45) is 4.99 Å². The second-order valence-corrected chi connectivity index (χ2v) is 5.69. The van der Waals surface area contributed by atoms with E-state index in [9.17, 15) is 0 Å². The standard InChI is InChI=1S/C12H20BrN3O/c1-3-14-12(15-7-8(2)13)16-10-6-9-4-5-11(10)17-9/h9-11H,2-7H2,1H3,(H2,14,15,16). The van der Waals surface area contributed by atoms with E-state index in [1.54, 1.807) is 0 Å². The van der Waals surface area contributed by atoms with Gasteiger partial charge < -0.3 is 15.4 Å². The van der Waals surface area contributed by atoms with Gasteiger partial charge in [-0.15, -0.1) is 0 Å². The number of ether oxygens (including phenoxy) is 1. The summed E-state index contributed by atoms with van der Waals surface area (Å²) in [5.74, 6) is 0.856. The first-order chi connectivity index (χ1) is 8.19. The Morgan fingerprint density at radius 1 is 1.53 bits per heavy atom. The minimum atomic E-state index is 0.371. The molecule has 2 saturated heterocycles. The maximum Gasteiger partial charge on any atom is 0.191 e. The summed E-state index contributed by atoms with van der Waals surface area (Å²) in [6.45, 7) is 7.31. The number of hydrogen-bond acceptors (Lipinski definition) is 2. The van der Waals surface area contributed by atoms with Gasteiger partial charge in [0.15, 0.2) is 5.96 Å². The van der Waals surface area contributed by atoms with Crippen LogP contribution in [0.3, 0.4) is 0 Å². The molecule has 2 fully saturated rings. The SMILES string of the molecule is C=C(Br)CN=C(NCC)NC1CC2CCC1O2. The van der Waals surface area contributed by atoms with Gasteiger partial charge in [0.2, 0.25) is 0 Å². The first kappa shape index (κ1) is 12.9. The zero-order chi connectivity index (χ0) is 12.3. The Labute approximate surface area is 111 Å². The Balaban J connectivity index is 1.88. The molecule has 0 aromatic heterocycles. The summed E-state index contributed by atoms with van der Waals surface area (Å²) in [6, 6.07) is 0.412. The zero-order valence-electron chi connectivity index (χ0n) is 10.2. The van der Waals surface area contributed by atoms with Crippen molar-refractivity contribution in [1.82, 2.24) is 10.6 Å². The predicted molar refractivity (Wildman–Crippen MR) is 73.5 cm³/mol. The van der Waals surface area contributed by atoms with Gasteiger partial charge in [-0.3, -0.25) is 0 Å². The quantitative estimate of drug-likeness (QED) is 0.614. The molecule has 96 valence electrons. The summed E-state index contributed by atoms with van der Waals surface area (Å²) in [6.07, 6.45) is 4.33. The summed E-state index contributed by atoms with van der Waals surface area (Å²) >= 11 is 3.32. The van der Waals surface area contributed by atoms with E-state index in [1.165, 1.54) is 12.8 Å². The number of hydrogen-bond donors (Lipinski definition) is 2. The van der Waals surface area contributed by atoms with Gasteiger partial charge in [-0.25, -0.2) is 4.99 Å². The lowest BCUT2D eigenvalue weighted by molar-refractivity contribution is 0.0992. The number of guanidine groups is 1. The highest BCUT2D eigenvalue weighted by molar-refractivity contribution is 9.11. The Hall–Kier alpha value is -0.550. The highest BCUT2D eigenvalue weighted by Crippen LogP contribution is 2.34. The molecule has 0 aliphatic carbocycles. The molecule has 5 heteroatoms. The normalized spacial score (nSPS) is 31.6. The van der Waals surface area contributed by atoms with Crippen molar-refractivity contribution >= 4 is 21.9 Å². The van der Waals surface area contributed by atoms with Gasteiger partial charge in [0.05, 0.1) is 24.8 Å². The Kier molecular flexibility index (Phi) is 4.45. The second kappa shape index (κ2) is 5.87. The van der Waals surface area contributed by atoms with Gasteiger partial charge in [0.1, 0.15) is 0 Å². The molecular formula is C12H20BrN3O. The van der Waals surface area contributed by atoms with Crippen molar-refractivity contribution in [3.05, 3.63) is 11.1 Å². The largest absolute Gasteiger partial charge is 0.373 e. The fraction of sp³-hybridized carbons (Fsp3) is 0.750. The van der Waals surface area contributed by atoms with E-state index in [4.69, 9.17) is 4.74 Å². The fourth-order valence-corrected chi connectivity index (χ4v) is 2.58. The predicted octanol–water partition coefficient (Wildman–Crippen LogP) is 1.77. The molecule has 3 unspecified atom stereocenters. The number of nitrogens with zero attached hydrogens (tertiary/aromatic N) is 1. The van der Waals surface area contributed by atoms with Crippen LogP contribution < -0.4 is 10.6 Å². The van der Waals surface area contributed by atoms with E-state index in [0.29, 0.717) is 24.8 Å². The van der Waals surface area contributed by atoms with Crippen molar-refractivity contribution in [2.75, 3.05) is 13.1 Å². The van der Waals surface area contributed by atoms with Gasteiger partial charge in [0, 0.05) is 11.0 Å². The monoisotopic (exact) mass is 301 g/mol. The molecule has 0 aromatic rings. The number of fused-ring (bicyclic) bond motifs is 2. The molecule has 17 heavy (non-hydrogen) atoms. The van der Waals surface area contributed by atoms with Crippen LogP contribution in [0.15, 0.2) is 16.1 Å². The number of rotatable bonds is 4. The zero-order valence-corrected chi connectivity index (χ0v) is 11.8. The average Bonchev–Trinajstić information content (AvgIpc) is 2.88. The van der Waals surface area contributed by atoms with E-state index in [0.717, 1.165) is 23.4 Å². The smallest absolute Gasteiger partial charge is 0.191 e. The van der Waals surface area contributed by atoms with E-state index in [1.807, 2.05) is 0 Å². The van der Waals surface area contributed by atoms with Crippen molar-refractivity contribution in [3.8, 4) is 0 Å². The van der Waals surface area contributed by atoms with Crippen LogP contribution in [-0.4, -0.2) is 37.3 Å². The third-order valence-electron chi connectivity index (χ3n) is 3.18. The lowest BCUT2D eigenvalue weighted by Crippen LogP contribution is -2.47. The minimum absolute atomic E-state index is 0.371. The minimum Gasteiger partial charge on any atom is -0.373 e. The molecule has 0 radical (unpaired) electrons. The molecule has 0 aromatic carbocycles. The van der Waals surface area contributed by atoms with Crippen molar-refractivity contribution < 1.29 is 4.74 Å². The van der Waals surface area contributed by atoms with E-state index in [2.05, 4.69) is 45.1 Å². The lowest BCUT2D eigenvalue weighted by atomic mass is 9.96. The average molecular weight is 302 g/mol. The molecule has 0 saturated carbocycles. The molecule has 0 amide bonds. The number of aliphatic imine (C=N–C) groups is 1. The molecule has 2 aliphatic rings. The maximum absolute atomic E-state index is 5.82. The summed E-state index contributed by atoms with van der Waals surface area (Å²) in [5.41, 5.74) is 0. The van der Waals surface area contributed by atoms with Crippen LogP contribution in [-0.2, 0) is 4.74 Å². The molecular weight excluding hydrogens is 282 g/mol. The summed E-state index contributed by atoms with van der Waals surface area (Å²) in [4.78, 5) is 4.45. The number of halogens is 1. The Bertz CT molecular complexity index is 319. The van der Waals surface area contributed by atoms with Crippen molar-refractivity contribution in [2.45, 2.75) is 44.4 Å². The van der Waals surface area contributed by atoms with Gasteiger partial charge in [-0.1, -0.05) is 22.5 Å². The third kappa shape index (κ3) is 3.45. The molecule has 2 bridgehead atoms. The second-order valence-electron chi connectivity index (χ2n) is 4.57. The van der Waals surface area contributed by atoms with Crippen molar-refractivity contribution in [1.29, 1.82) is 0 Å². The molecule has 4 nitrogen and oxygen atoms in total. The highest BCUT2D eigenvalue weighted by atomic mass is 79.9. The third-order valence-corrected chi connectivity index (χ3v) is 3.43. The summed E-state index contributed by atoms with van der Waals surface area (Å²) in [7, 11) is 0. The number of nitrogens with one attached hydrogen (secondary N) is 2. The van der Waals surface area contributed by atoms with E-state index < -0.39 is 0 Å². The van der Waals surface area contributed by atoms with E-state index >= 15 is 0 Å². The first-order valence-corrected chi connectivity index (χ1v) is 7.02. The van der Waals surface area contributed by atoms with Gasteiger partial charge in [-0.2, -0.15) is 0 Å². The van der Waals surface area contributed by atoms with Crippen molar-refractivity contribution in [3.63, 3.8) is 0 Å². The van der Waals surface area contributed by atoms with Crippen LogP contribution in [0, 0.1) is 0 Å². The maximum atomic E-state index is 5.82. The molecule has 3 atom stereocenters. The fourth-order valence-electron chi connectivity index (χ4n) is 2.45. The molecule has 2 N–H and O–H groups in total. The molecule has 0 spiro atoms. The van der Waals surface area contributed by atoms with Crippen LogP contribution in [0.25, 0.3) is 0 Å². The Morgan fingerprint density at radius 3 is 2.88 bits per heavy atom. The van der Waals surface area contributed by atoms with Crippen LogP contribution in [0.2, 0.25) is 0 Å². The first-order valence-electron chi connectivity index (χ1n) is 6.22. The van der Waals surface area contributed by atoms with E-state index in [-0.39, 0.29) is 0 Å². The van der Waals surface area contributed by atoms with Gasteiger partial charge in [-0.05, 0) is 26.2 Å². The van der Waals surface area contributed by atoms with Crippen LogP contribution in [0.4, 0.5) is 0 Å². The van der Waals surface area contributed by atoms with Crippen LogP contribution >= 0.6 is 15.9 Å². The summed E-state index contributed by atoms with van der Waals surface area (Å²) in [5, 5.41) is 6.70. The molecule has 2 heterocycles. The highest BCUT2D eigenvalue weighted by Gasteiger charge is 2.41. The van der Waals surface area contributed by atoms with Gasteiger partial charge >= 0.3 is 0 Å². The topological polar surface area (TPSA) is 45.7 Å². The molecule has 2 aliphatic heterocycles. The molecule has 2 rings (SSSR count). The van der Waals surface area contributed by atoms with Gasteiger partial charge in [0.25, 0.3) is 0 Å². The van der Waals surface area contributed by atoms with Crippen LogP contribution in [0.1, 0.15) is 26.2 Å². The Morgan fingerprint density at radius 2 is 2.35 bits per heavy atom.